The van der Waals surface area contributed by atoms with E-state index in [0.29, 0.717) is 5.78 Å². The van der Waals surface area contributed by atoms with Gasteiger partial charge in [0.2, 0.25) is 0 Å². The van der Waals surface area contributed by atoms with Gasteiger partial charge in [0, 0.05) is 11.3 Å². The molecule has 3 saturated heterocycles. The summed E-state index contributed by atoms with van der Waals surface area (Å²) in [6, 6.07) is 32.2. The zero-order chi connectivity index (χ0) is 19.7. The minimum atomic E-state index is -0.346. The molecule has 3 aliphatic heterocycles. The topological polar surface area (TPSA) is 20.3 Å². The summed E-state index contributed by atoms with van der Waals surface area (Å²) >= 11 is 0. The van der Waals surface area contributed by atoms with Crippen LogP contribution in [-0.2, 0) is 10.2 Å². The molecule has 3 heterocycles. The highest BCUT2D eigenvalue weighted by atomic mass is 35.5. The molecule has 3 aromatic carbocycles. The Hall–Kier alpha value is -2.42. The van der Waals surface area contributed by atoms with Gasteiger partial charge in [-0.05, 0) is 49.0 Å². The highest BCUT2D eigenvalue weighted by molar-refractivity contribution is 5.88. The smallest absolute Gasteiger partial charge is 0.153 e. The zero-order valence-corrected chi connectivity index (χ0v) is 17.9. The zero-order valence-electron chi connectivity index (χ0n) is 17.1. The largest absolute Gasteiger partial charge is 0.298 e. The van der Waals surface area contributed by atoms with E-state index in [1.54, 1.807) is 0 Å². The number of hydrogen-bond donors (Lipinski definition) is 0. The van der Waals surface area contributed by atoms with E-state index in [2.05, 4.69) is 95.9 Å². The summed E-state index contributed by atoms with van der Waals surface area (Å²) in [5, 5.41) is 0. The first-order chi connectivity index (χ1) is 14.3. The van der Waals surface area contributed by atoms with E-state index in [9.17, 15) is 4.79 Å². The number of carbonyl (C=O) groups excluding carboxylic acids is 1. The van der Waals surface area contributed by atoms with Crippen molar-refractivity contribution in [1.29, 1.82) is 0 Å². The quantitative estimate of drug-likeness (QED) is 0.511. The fraction of sp³-hybridized carbons (Fsp3) is 0.296. The van der Waals surface area contributed by atoms with E-state index in [1.807, 2.05) is 0 Å². The molecule has 3 heteroatoms. The number of Topliss-reactive ketones (excluding diaryl/α,β-unsaturated/α-hetero) is 1. The van der Waals surface area contributed by atoms with Crippen LogP contribution in [0.1, 0.15) is 36.0 Å². The Morgan fingerprint density at radius 1 is 0.700 bits per heavy atom. The van der Waals surface area contributed by atoms with Gasteiger partial charge in [-0.25, -0.2) is 0 Å². The number of nitrogens with zero attached hydrogens (tertiary/aromatic N) is 1. The van der Waals surface area contributed by atoms with Crippen LogP contribution in [0.2, 0.25) is 0 Å². The normalized spacial score (nSPS) is 23.1. The Morgan fingerprint density at radius 3 is 1.47 bits per heavy atom. The lowest BCUT2D eigenvalue weighted by Crippen LogP contribution is -2.57. The first kappa shape index (κ1) is 20.8. The minimum Gasteiger partial charge on any atom is -0.298 e. The standard InChI is InChI=1S/C27H27NO.ClH/c29-26-21-16-18-28(19-17-21)25(26)20-27(22-10-4-1-5-11-22,23-12-6-2-7-13-23)24-14-8-3-9-15-24;/h1-15,21,25H,16-20H2;1H. The van der Waals surface area contributed by atoms with Crippen LogP contribution in [0.5, 0.6) is 0 Å². The van der Waals surface area contributed by atoms with Crippen molar-refractivity contribution in [1.82, 2.24) is 4.90 Å². The Kier molecular flexibility index (Phi) is 6.08. The fourth-order valence-electron chi connectivity index (χ4n) is 5.49. The number of halogens is 1. The van der Waals surface area contributed by atoms with Crippen molar-refractivity contribution < 1.29 is 4.79 Å². The average molecular weight is 418 g/mol. The average Bonchev–Trinajstić information content (AvgIpc) is 2.81. The molecule has 154 valence electrons. The number of benzene rings is 3. The molecular formula is C27H28ClNO. The summed E-state index contributed by atoms with van der Waals surface area (Å²) < 4.78 is 0. The van der Waals surface area contributed by atoms with Crippen molar-refractivity contribution in [3.8, 4) is 0 Å². The predicted octanol–water partition coefficient (Wildman–Crippen LogP) is 5.50. The second-order valence-electron chi connectivity index (χ2n) is 8.44. The SMILES string of the molecule is Cl.O=C1C2CCN(CC2)C1CC(c1ccccc1)(c1ccccc1)c1ccccc1. The number of carbonyl (C=O) groups is 1. The maximum atomic E-state index is 13.3. The lowest BCUT2D eigenvalue weighted by Gasteiger charge is -2.48. The van der Waals surface area contributed by atoms with Crippen molar-refractivity contribution in [3.05, 3.63) is 108 Å². The van der Waals surface area contributed by atoms with Crippen LogP contribution in [0.4, 0.5) is 0 Å². The number of fused-ring (bicyclic) bond motifs is 3. The van der Waals surface area contributed by atoms with Crippen LogP contribution >= 0.6 is 12.4 Å². The summed E-state index contributed by atoms with van der Waals surface area (Å²) in [4.78, 5) is 15.8. The summed E-state index contributed by atoms with van der Waals surface area (Å²) in [5.74, 6) is 0.708. The third-order valence-corrected chi connectivity index (χ3v) is 7.00. The van der Waals surface area contributed by atoms with Crippen LogP contribution in [0.3, 0.4) is 0 Å². The minimum absolute atomic E-state index is 0. The van der Waals surface area contributed by atoms with Crippen molar-refractivity contribution in [2.45, 2.75) is 30.7 Å². The Bertz CT molecular complexity index is 869. The predicted molar refractivity (Wildman–Crippen MR) is 124 cm³/mol. The van der Waals surface area contributed by atoms with Gasteiger partial charge in [0.15, 0.2) is 5.78 Å². The highest BCUT2D eigenvalue weighted by Gasteiger charge is 2.47. The molecule has 0 aromatic heterocycles. The number of rotatable bonds is 5. The maximum Gasteiger partial charge on any atom is 0.153 e. The first-order valence-corrected chi connectivity index (χ1v) is 10.7. The molecule has 2 bridgehead atoms. The third kappa shape index (κ3) is 3.49. The van der Waals surface area contributed by atoms with Gasteiger partial charge in [0.25, 0.3) is 0 Å². The molecule has 0 N–H and O–H groups in total. The summed E-state index contributed by atoms with van der Waals surface area (Å²) in [6.07, 6.45) is 2.86. The van der Waals surface area contributed by atoms with Crippen LogP contribution < -0.4 is 0 Å². The lowest BCUT2D eigenvalue weighted by atomic mass is 9.64. The molecule has 30 heavy (non-hydrogen) atoms. The van der Waals surface area contributed by atoms with Gasteiger partial charge in [-0.3, -0.25) is 9.69 Å². The van der Waals surface area contributed by atoms with Gasteiger partial charge < -0.3 is 0 Å². The molecule has 3 aliphatic rings. The van der Waals surface area contributed by atoms with Gasteiger partial charge in [-0.1, -0.05) is 91.0 Å². The summed E-state index contributed by atoms with van der Waals surface area (Å²) in [6.45, 7) is 2.10. The number of piperidine rings is 3. The van der Waals surface area contributed by atoms with E-state index in [4.69, 9.17) is 0 Å². The molecular weight excluding hydrogens is 390 g/mol. The van der Waals surface area contributed by atoms with E-state index in [-0.39, 0.29) is 29.8 Å². The van der Waals surface area contributed by atoms with Crippen molar-refractivity contribution in [2.75, 3.05) is 13.1 Å². The lowest BCUT2D eigenvalue weighted by molar-refractivity contribution is -0.137. The van der Waals surface area contributed by atoms with Gasteiger partial charge in [0.05, 0.1) is 6.04 Å². The monoisotopic (exact) mass is 417 g/mol. The Balaban J connectivity index is 0.00000218. The van der Waals surface area contributed by atoms with E-state index in [1.165, 1.54) is 16.7 Å². The van der Waals surface area contributed by atoms with Crippen LogP contribution in [0, 0.1) is 5.92 Å². The molecule has 0 radical (unpaired) electrons. The van der Waals surface area contributed by atoms with E-state index < -0.39 is 0 Å². The second-order valence-corrected chi connectivity index (χ2v) is 8.44. The maximum absolute atomic E-state index is 13.3. The molecule has 6 rings (SSSR count). The van der Waals surface area contributed by atoms with Crippen molar-refractivity contribution in [2.24, 2.45) is 5.92 Å². The number of hydrogen-bond acceptors (Lipinski definition) is 2. The Labute approximate surface area is 185 Å². The van der Waals surface area contributed by atoms with Crippen LogP contribution in [0.25, 0.3) is 0 Å². The number of ketones is 1. The molecule has 1 atom stereocenters. The van der Waals surface area contributed by atoms with Gasteiger partial charge >= 0.3 is 0 Å². The molecule has 0 amide bonds. The Morgan fingerprint density at radius 2 is 1.10 bits per heavy atom. The molecule has 0 saturated carbocycles. The van der Waals surface area contributed by atoms with Gasteiger partial charge in [0.1, 0.15) is 0 Å². The highest BCUT2D eigenvalue weighted by Crippen LogP contribution is 2.45. The molecule has 1 unspecified atom stereocenters. The fourth-order valence-corrected chi connectivity index (χ4v) is 5.49. The van der Waals surface area contributed by atoms with Crippen LogP contribution in [-0.4, -0.2) is 29.8 Å². The molecule has 3 aromatic rings. The third-order valence-electron chi connectivity index (χ3n) is 7.00. The van der Waals surface area contributed by atoms with Crippen molar-refractivity contribution >= 4 is 18.2 Å². The van der Waals surface area contributed by atoms with Crippen molar-refractivity contribution in [3.63, 3.8) is 0 Å². The van der Waals surface area contributed by atoms with E-state index in [0.717, 1.165) is 32.4 Å². The molecule has 0 spiro atoms. The first-order valence-electron chi connectivity index (χ1n) is 10.7. The van der Waals surface area contributed by atoms with E-state index >= 15 is 0 Å². The molecule has 2 nitrogen and oxygen atoms in total. The van der Waals surface area contributed by atoms with Gasteiger partial charge in [-0.15, -0.1) is 12.4 Å². The molecule has 0 aliphatic carbocycles. The summed E-state index contributed by atoms with van der Waals surface area (Å²) in [5.41, 5.74) is 3.43. The molecule has 3 fully saturated rings. The second kappa shape index (κ2) is 8.75. The van der Waals surface area contributed by atoms with Gasteiger partial charge in [-0.2, -0.15) is 0 Å². The summed E-state index contributed by atoms with van der Waals surface area (Å²) in [7, 11) is 0. The van der Waals surface area contributed by atoms with Crippen LogP contribution in [0.15, 0.2) is 91.0 Å².